The first-order valence-electron chi connectivity index (χ1n) is 10.3. The fourth-order valence-corrected chi connectivity index (χ4v) is 4.53. The number of benzene rings is 3. The molecular weight excluding hydrogens is 386 g/mol. The summed E-state index contributed by atoms with van der Waals surface area (Å²) in [6.07, 6.45) is 1.97. The molecule has 1 aliphatic heterocycles. The van der Waals surface area contributed by atoms with Crippen molar-refractivity contribution in [3.63, 3.8) is 0 Å². The minimum absolute atomic E-state index is 0.0699. The largest absolute Gasteiger partial charge is 0.361 e. The van der Waals surface area contributed by atoms with Gasteiger partial charge in [-0.2, -0.15) is 0 Å². The second-order valence-electron chi connectivity index (χ2n) is 8.07. The summed E-state index contributed by atoms with van der Waals surface area (Å²) in [6.45, 7) is 3.92. The Morgan fingerprint density at radius 1 is 0.935 bits per heavy atom. The third-order valence-electron chi connectivity index (χ3n) is 6.20. The maximum atomic E-state index is 13.9. The highest BCUT2D eigenvalue weighted by atomic mass is 16.2. The number of hydrogen-bond donors (Lipinski definition) is 2. The number of nitrogens with zero attached hydrogens (tertiary/aromatic N) is 1. The van der Waals surface area contributed by atoms with Crippen LogP contribution in [0.15, 0.2) is 79.0 Å². The number of H-pyrrole nitrogens is 1. The smallest absolute Gasteiger partial charge is 0.256 e. The maximum Gasteiger partial charge on any atom is 0.256 e. The monoisotopic (exact) mass is 409 g/mol. The van der Waals surface area contributed by atoms with E-state index in [0.717, 1.165) is 39.0 Å². The number of aromatic nitrogens is 1. The minimum Gasteiger partial charge on any atom is -0.361 e. The van der Waals surface area contributed by atoms with E-state index in [4.69, 9.17) is 0 Å². The summed E-state index contributed by atoms with van der Waals surface area (Å²) >= 11 is 0. The van der Waals surface area contributed by atoms with E-state index in [-0.39, 0.29) is 18.2 Å². The number of amides is 2. The lowest BCUT2D eigenvalue weighted by Crippen LogP contribution is -2.67. The summed E-state index contributed by atoms with van der Waals surface area (Å²) in [5, 5.41) is 4.04. The third-order valence-corrected chi connectivity index (χ3v) is 6.20. The lowest BCUT2D eigenvalue weighted by molar-refractivity contribution is -0.137. The standard InChI is InChI=1S/C26H23N3O2/c1-17-9-3-6-12-21(17)28-25(31)26(20-16-27-22-13-7-5-11-19(20)22)15-24(30)29(26)23-14-8-4-10-18(23)2/h3-14,16,27H,15H2,1-2H3,(H,28,31). The van der Waals surface area contributed by atoms with Crippen LogP contribution in [0.4, 0.5) is 11.4 Å². The first kappa shape index (κ1) is 19.1. The summed E-state index contributed by atoms with van der Waals surface area (Å²) < 4.78 is 0. The summed E-state index contributed by atoms with van der Waals surface area (Å²) in [5.41, 5.74) is 4.02. The predicted molar refractivity (Wildman–Crippen MR) is 123 cm³/mol. The summed E-state index contributed by atoms with van der Waals surface area (Å²) in [5.74, 6) is -0.283. The van der Waals surface area contributed by atoms with Gasteiger partial charge in [-0.25, -0.2) is 0 Å². The molecule has 0 aliphatic carbocycles. The third kappa shape index (κ3) is 2.85. The molecule has 0 spiro atoms. The molecule has 5 rings (SSSR count). The van der Waals surface area contributed by atoms with Crippen LogP contribution < -0.4 is 10.2 Å². The van der Waals surface area contributed by atoms with Gasteiger partial charge in [-0.1, -0.05) is 54.6 Å². The second-order valence-corrected chi connectivity index (χ2v) is 8.07. The molecule has 2 N–H and O–H groups in total. The minimum atomic E-state index is -1.13. The van der Waals surface area contributed by atoms with Crippen LogP contribution in [-0.2, 0) is 15.1 Å². The molecule has 2 amide bonds. The molecule has 1 fully saturated rings. The number of hydrogen-bond acceptors (Lipinski definition) is 2. The van der Waals surface area contributed by atoms with Gasteiger partial charge in [-0.05, 0) is 43.2 Å². The quantitative estimate of drug-likeness (QED) is 0.463. The SMILES string of the molecule is Cc1ccccc1NC(=O)C1(c2c[nH]c3ccccc23)CC(=O)N1c1ccccc1C. The Morgan fingerprint density at radius 2 is 1.61 bits per heavy atom. The Morgan fingerprint density at radius 3 is 2.35 bits per heavy atom. The summed E-state index contributed by atoms with van der Waals surface area (Å²) in [7, 11) is 0. The Hall–Kier alpha value is -3.86. The molecule has 1 aliphatic rings. The number of anilines is 2. The zero-order valence-corrected chi connectivity index (χ0v) is 17.5. The van der Waals surface area contributed by atoms with Gasteiger partial charge >= 0.3 is 0 Å². The molecule has 0 radical (unpaired) electrons. The molecule has 3 aromatic carbocycles. The Kier molecular flexibility index (Phi) is 4.40. The Balaban J connectivity index is 1.70. The van der Waals surface area contributed by atoms with Crippen LogP contribution in [0, 0.1) is 13.8 Å². The number of rotatable bonds is 4. The van der Waals surface area contributed by atoms with E-state index in [2.05, 4.69) is 10.3 Å². The number of β-lactam (4-membered cyclic amide) rings is 1. The van der Waals surface area contributed by atoms with Crippen LogP contribution in [0.25, 0.3) is 10.9 Å². The van der Waals surface area contributed by atoms with Crippen molar-refractivity contribution in [1.29, 1.82) is 0 Å². The molecule has 154 valence electrons. The molecule has 0 saturated carbocycles. The number of carbonyl (C=O) groups is 2. The van der Waals surface area contributed by atoms with Crippen molar-refractivity contribution in [2.24, 2.45) is 0 Å². The highest BCUT2D eigenvalue weighted by Gasteiger charge is 2.59. The van der Waals surface area contributed by atoms with Gasteiger partial charge in [0.1, 0.15) is 0 Å². The number of fused-ring (bicyclic) bond motifs is 1. The average molecular weight is 409 g/mol. The van der Waals surface area contributed by atoms with E-state index < -0.39 is 5.54 Å². The van der Waals surface area contributed by atoms with E-state index in [0.29, 0.717) is 0 Å². The van der Waals surface area contributed by atoms with Gasteiger partial charge < -0.3 is 10.3 Å². The van der Waals surface area contributed by atoms with E-state index in [1.54, 1.807) is 4.90 Å². The van der Waals surface area contributed by atoms with Crippen LogP contribution in [-0.4, -0.2) is 16.8 Å². The van der Waals surface area contributed by atoms with Gasteiger partial charge in [0.25, 0.3) is 5.91 Å². The fraction of sp³-hybridized carbons (Fsp3) is 0.154. The zero-order valence-electron chi connectivity index (χ0n) is 17.5. The molecular formula is C26H23N3O2. The lowest BCUT2D eigenvalue weighted by atomic mass is 9.75. The van der Waals surface area contributed by atoms with Crippen molar-refractivity contribution in [2.45, 2.75) is 25.8 Å². The highest BCUT2D eigenvalue weighted by molar-refractivity contribution is 6.18. The summed E-state index contributed by atoms with van der Waals surface area (Å²) in [6, 6.07) is 23.2. The van der Waals surface area contributed by atoms with E-state index in [9.17, 15) is 9.59 Å². The van der Waals surface area contributed by atoms with Gasteiger partial charge in [0, 0.05) is 34.0 Å². The maximum absolute atomic E-state index is 13.9. The first-order chi connectivity index (χ1) is 15.0. The highest BCUT2D eigenvalue weighted by Crippen LogP contribution is 2.48. The molecule has 4 aromatic rings. The molecule has 1 saturated heterocycles. The summed E-state index contributed by atoms with van der Waals surface area (Å²) in [4.78, 5) is 31.9. The van der Waals surface area contributed by atoms with Crippen molar-refractivity contribution in [3.05, 3.63) is 95.7 Å². The molecule has 1 aromatic heterocycles. The van der Waals surface area contributed by atoms with Crippen molar-refractivity contribution in [2.75, 3.05) is 10.2 Å². The Bertz CT molecular complexity index is 1320. The van der Waals surface area contributed by atoms with Crippen molar-refractivity contribution in [1.82, 2.24) is 4.98 Å². The van der Waals surface area contributed by atoms with E-state index in [1.807, 2.05) is 92.8 Å². The number of para-hydroxylation sites is 3. The van der Waals surface area contributed by atoms with Gasteiger partial charge in [0.2, 0.25) is 5.91 Å². The van der Waals surface area contributed by atoms with Crippen LogP contribution in [0.5, 0.6) is 0 Å². The van der Waals surface area contributed by atoms with Gasteiger partial charge in [0.15, 0.2) is 5.54 Å². The number of aryl methyl sites for hydroxylation is 2. The van der Waals surface area contributed by atoms with Crippen LogP contribution in [0.3, 0.4) is 0 Å². The number of carbonyl (C=O) groups excluding carboxylic acids is 2. The topological polar surface area (TPSA) is 65.2 Å². The van der Waals surface area contributed by atoms with Crippen LogP contribution in [0.2, 0.25) is 0 Å². The molecule has 2 heterocycles. The molecule has 31 heavy (non-hydrogen) atoms. The van der Waals surface area contributed by atoms with Gasteiger partial charge in [-0.3, -0.25) is 14.5 Å². The van der Waals surface area contributed by atoms with Gasteiger partial charge in [0.05, 0.1) is 6.42 Å². The van der Waals surface area contributed by atoms with Crippen molar-refractivity contribution in [3.8, 4) is 0 Å². The molecule has 1 unspecified atom stereocenters. The molecule has 1 atom stereocenters. The van der Waals surface area contributed by atoms with E-state index >= 15 is 0 Å². The second kappa shape index (κ2) is 7.13. The van der Waals surface area contributed by atoms with Crippen LogP contribution >= 0.6 is 0 Å². The zero-order chi connectivity index (χ0) is 21.6. The van der Waals surface area contributed by atoms with E-state index in [1.165, 1.54) is 0 Å². The lowest BCUT2D eigenvalue weighted by Gasteiger charge is -2.51. The number of nitrogens with one attached hydrogen (secondary N) is 2. The first-order valence-corrected chi connectivity index (χ1v) is 10.3. The van der Waals surface area contributed by atoms with Gasteiger partial charge in [-0.15, -0.1) is 0 Å². The van der Waals surface area contributed by atoms with Crippen molar-refractivity contribution < 1.29 is 9.59 Å². The normalized spacial score (nSPS) is 18.1. The molecule has 0 bridgehead atoms. The van der Waals surface area contributed by atoms with Crippen molar-refractivity contribution >= 4 is 34.1 Å². The fourth-order valence-electron chi connectivity index (χ4n) is 4.53. The average Bonchev–Trinajstić information content (AvgIpc) is 3.19. The Labute approximate surface area is 180 Å². The number of aromatic amines is 1. The molecule has 5 heteroatoms. The molecule has 5 nitrogen and oxygen atoms in total. The van der Waals surface area contributed by atoms with Crippen LogP contribution in [0.1, 0.15) is 23.1 Å². The predicted octanol–water partition coefficient (Wildman–Crippen LogP) is 5.06.